The van der Waals surface area contributed by atoms with Crippen LogP contribution in [0.1, 0.15) is 38.5 Å². The van der Waals surface area contributed by atoms with Gasteiger partial charge in [0.2, 0.25) is 0 Å². The van der Waals surface area contributed by atoms with E-state index in [1.165, 1.54) is 38.5 Å². The van der Waals surface area contributed by atoms with Crippen LogP contribution in [0.25, 0.3) is 0 Å². The number of hydrogen-bond donors (Lipinski definition) is 1. The zero-order valence-electron chi connectivity index (χ0n) is 11.8. The monoisotopic (exact) mass is 263 g/mol. The molecule has 106 valence electrons. The highest BCUT2D eigenvalue weighted by molar-refractivity contribution is 5.39. The van der Waals surface area contributed by atoms with Gasteiger partial charge in [0.25, 0.3) is 0 Å². The molecule has 2 aliphatic carbocycles. The van der Waals surface area contributed by atoms with Crippen molar-refractivity contribution < 1.29 is 4.74 Å². The van der Waals surface area contributed by atoms with Crippen LogP contribution in [0.4, 0.5) is 5.69 Å². The zero-order chi connectivity index (χ0) is 13.1. The lowest BCUT2D eigenvalue weighted by atomic mass is 9.82. The molecule has 0 amide bonds. The Bertz CT molecular complexity index is 400. The summed E-state index contributed by atoms with van der Waals surface area (Å²) in [7, 11) is 1.72. The van der Waals surface area contributed by atoms with Crippen LogP contribution in [0.5, 0.6) is 0 Å². The van der Waals surface area contributed by atoms with Gasteiger partial charge in [0.15, 0.2) is 0 Å². The first kappa shape index (κ1) is 13.0. The summed E-state index contributed by atoms with van der Waals surface area (Å²) in [6.07, 6.45) is 12.5. The molecule has 2 atom stereocenters. The number of nitrogens with one attached hydrogen (secondary N) is 1. The quantitative estimate of drug-likeness (QED) is 0.857. The molecule has 4 nitrogen and oxygen atoms in total. The number of ether oxygens (including phenoxy) is 1. The van der Waals surface area contributed by atoms with Gasteiger partial charge in [-0.3, -0.25) is 4.68 Å². The van der Waals surface area contributed by atoms with Crippen molar-refractivity contribution in [1.29, 1.82) is 0 Å². The fourth-order valence-electron chi connectivity index (χ4n) is 3.34. The second-order valence-corrected chi connectivity index (χ2v) is 6.09. The number of aromatic nitrogens is 2. The molecule has 0 bridgehead atoms. The van der Waals surface area contributed by atoms with Gasteiger partial charge in [-0.05, 0) is 37.5 Å². The molecule has 0 spiro atoms. The van der Waals surface area contributed by atoms with E-state index in [9.17, 15) is 0 Å². The molecule has 19 heavy (non-hydrogen) atoms. The Morgan fingerprint density at radius 2 is 2.21 bits per heavy atom. The van der Waals surface area contributed by atoms with Crippen molar-refractivity contribution in [2.24, 2.45) is 11.8 Å². The molecule has 3 rings (SSSR count). The van der Waals surface area contributed by atoms with Crippen LogP contribution in [-0.2, 0) is 11.3 Å². The number of methoxy groups -OCH3 is 1. The minimum atomic E-state index is 0.652. The maximum absolute atomic E-state index is 5.07. The van der Waals surface area contributed by atoms with Crippen molar-refractivity contribution in [3.63, 3.8) is 0 Å². The third-order valence-electron chi connectivity index (χ3n) is 4.53. The molecule has 0 saturated heterocycles. The van der Waals surface area contributed by atoms with E-state index in [2.05, 4.69) is 16.6 Å². The molecule has 4 heteroatoms. The Labute approximate surface area is 115 Å². The van der Waals surface area contributed by atoms with Gasteiger partial charge in [-0.1, -0.05) is 12.8 Å². The SMILES string of the molecule is COCCn1cc(NC2CCCC(C3CC3)C2)cn1. The van der Waals surface area contributed by atoms with Gasteiger partial charge in [0.05, 0.1) is 25.0 Å². The second kappa shape index (κ2) is 5.95. The fraction of sp³-hybridized carbons (Fsp3) is 0.800. The topological polar surface area (TPSA) is 39.1 Å². The highest BCUT2D eigenvalue weighted by Gasteiger charge is 2.34. The average molecular weight is 263 g/mol. The van der Waals surface area contributed by atoms with E-state index in [0.717, 1.165) is 24.1 Å². The van der Waals surface area contributed by atoms with E-state index in [1.807, 2.05) is 10.9 Å². The summed E-state index contributed by atoms with van der Waals surface area (Å²) >= 11 is 0. The highest BCUT2D eigenvalue weighted by atomic mass is 16.5. The second-order valence-electron chi connectivity index (χ2n) is 6.09. The zero-order valence-corrected chi connectivity index (χ0v) is 11.8. The van der Waals surface area contributed by atoms with Crippen LogP contribution in [0.15, 0.2) is 12.4 Å². The number of nitrogens with zero attached hydrogens (tertiary/aromatic N) is 2. The van der Waals surface area contributed by atoms with Crippen molar-refractivity contribution in [1.82, 2.24) is 9.78 Å². The average Bonchev–Trinajstić information content (AvgIpc) is 3.19. The van der Waals surface area contributed by atoms with E-state index in [0.29, 0.717) is 12.6 Å². The van der Waals surface area contributed by atoms with Gasteiger partial charge in [-0.15, -0.1) is 0 Å². The van der Waals surface area contributed by atoms with Gasteiger partial charge < -0.3 is 10.1 Å². The number of anilines is 1. The molecule has 0 radical (unpaired) electrons. The lowest BCUT2D eigenvalue weighted by Gasteiger charge is -2.30. The summed E-state index contributed by atoms with van der Waals surface area (Å²) in [5, 5.41) is 8.03. The molecule has 2 aliphatic rings. The van der Waals surface area contributed by atoms with Gasteiger partial charge in [0.1, 0.15) is 0 Å². The van der Waals surface area contributed by atoms with Crippen LogP contribution < -0.4 is 5.32 Å². The molecule has 0 aliphatic heterocycles. The summed E-state index contributed by atoms with van der Waals surface area (Å²) in [5.41, 5.74) is 1.16. The lowest BCUT2D eigenvalue weighted by molar-refractivity contribution is 0.183. The Kier molecular flexibility index (Phi) is 4.06. The Balaban J connectivity index is 1.50. The molecule has 1 aromatic heterocycles. The smallest absolute Gasteiger partial charge is 0.0728 e. The first-order chi connectivity index (χ1) is 9.35. The molecule has 0 aromatic carbocycles. The van der Waals surface area contributed by atoms with E-state index >= 15 is 0 Å². The molecule has 1 N–H and O–H groups in total. The van der Waals surface area contributed by atoms with Crippen LogP contribution in [0, 0.1) is 11.8 Å². The van der Waals surface area contributed by atoms with Crippen molar-refractivity contribution in [3.05, 3.63) is 12.4 Å². The van der Waals surface area contributed by atoms with Gasteiger partial charge in [0, 0.05) is 19.3 Å². The Hall–Kier alpha value is -1.03. The van der Waals surface area contributed by atoms with Crippen molar-refractivity contribution >= 4 is 5.69 Å². The molecular weight excluding hydrogens is 238 g/mol. The predicted molar refractivity (Wildman–Crippen MR) is 76.2 cm³/mol. The van der Waals surface area contributed by atoms with Crippen LogP contribution >= 0.6 is 0 Å². The number of rotatable bonds is 6. The predicted octanol–water partition coefficient (Wildman–Crippen LogP) is 2.91. The van der Waals surface area contributed by atoms with Gasteiger partial charge in [-0.25, -0.2) is 0 Å². The van der Waals surface area contributed by atoms with E-state index in [1.54, 1.807) is 7.11 Å². The minimum absolute atomic E-state index is 0.652. The molecule has 2 fully saturated rings. The van der Waals surface area contributed by atoms with Crippen LogP contribution in [0.3, 0.4) is 0 Å². The largest absolute Gasteiger partial charge is 0.383 e. The van der Waals surface area contributed by atoms with Crippen LogP contribution in [-0.4, -0.2) is 29.5 Å². The van der Waals surface area contributed by atoms with Crippen molar-refractivity contribution in [3.8, 4) is 0 Å². The van der Waals surface area contributed by atoms with E-state index in [-0.39, 0.29) is 0 Å². The third-order valence-corrected chi connectivity index (χ3v) is 4.53. The van der Waals surface area contributed by atoms with Crippen molar-refractivity contribution in [2.45, 2.75) is 51.1 Å². The summed E-state index contributed by atoms with van der Waals surface area (Å²) in [4.78, 5) is 0. The summed E-state index contributed by atoms with van der Waals surface area (Å²) < 4.78 is 7.02. The molecule has 1 aromatic rings. The summed E-state index contributed by atoms with van der Waals surface area (Å²) in [6, 6.07) is 0.652. The molecular formula is C15H25N3O. The fourth-order valence-corrected chi connectivity index (χ4v) is 3.34. The standard InChI is InChI=1S/C15H25N3O/c1-19-8-7-18-11-15(10-16-18)17-14-4-2-3-13(9-14)12-5-6-12/h10-14,17H,2-9H2,1H3. The first-order valence-electron chi connectivity index (χ1n) is 7.63. The van der Waals surface area contributed by atoms with Crippen molar-refractivity contribution in [2.75, 3.05) is 19.0 Å². The minimum Gasteiger partial charge on any atom is -0.383 e. The highest BCUT2D eigenvalue weighted by Crippen LogP contribution is 2.44. The van der Waals surface area contributed by atoms with Gasteiger partial charge >= 0.3 is 0 Å². The maximum atomic E-state index is 5.07. The Morgan fingerprint density at radius 3 is 3.00 bits per heavy atom. The summed E-state index contributed by atoms with van der Waals surface area (Å²) in [5.74, 6) is 2.03. The maximum Gasteiger partial charge on any atom is 0.0728 e. The van der Waals surface area contributed by atoms with E-state index in [4.69, 9.17) is 4.74 Å². The number of hydrogen-bond acceptors (Lipinski definition) is 3. The lowest BCUT2D eigenvalue weighted by Crippen LogP contribution is -2.28. The molecule has 1 heterocycles. The first-order valence-corrected chi connectivity index (χ1v) is 7.63. The van der Waals surface area contributed by atoms with E-state index < -0.39 is 0 Å². The molecule has 2 unspecified atom stereocenters. The third kappa shape index (κ3) is 3.50. The summed E-state index contributed by atoms with van der Waals surface area (Å²) in [6.45, 7) is 1.54. The van der Waals surface area contributed by atoms with Gasteiger partial charge in [-0.2, -0.15) is 5.10 Å². The van der Waals surface area contributed by atoms with Crippen LogP contribution in [0.2, 0.25) is 0 Å². The Morgan fingerprint density at radius 1 is 1.32 bits per heavy atom. The normalized spacial score (nSPS) is 27.4. The molecule has 2 saturated carbocycles.